The van der Waals surface area contributed by atoms with E-state index in [1.807, 2.05) is 0 Å². The Balaban J connectivity index is 1.24. The van der Waals surface area contributed by atoms with Crippen LogP contribution in [0.3, 0.4) is 0 Å². The highest BCUT2D eigenvalue weighted by Gasteiger charge is 2.33. The summed E-state index contributed by atoms with van der Waals surface area (Å²) in [4.78, 5) is 0. The van der Waals surface area contributed by atoms with E-state index in [0.29, 0.717) is 0 Å². The Bertz CT molecular complexity index is 468. The fourth-order valence-electron chi connectivity index (χ4n) is 6.34. The lowest BCUT2D eigenvalue weighted by Crippen LogP contribution is -2.28. The second kappa shape index (κ2) is 8.07. The van der Waals surface area contributed by atoms with Crippen molar-refractivity contribution in [3.63, 3.8) is 0 Å². The molecule has 0 radical (unpaired) electrons. The molecule has 0 N–H and O–H groups in total. The normalized spacial score (nSPS) is 35.7. The van der Waals surface area contributed by atoms with Gasteiger partial charge in [0.2, 0.25) is 0 Å². The van der Waals surface area contributed by atoms with Gasteiger partial charge in [-0.15, -0.1) is 0 Å². The van der Waals surface area contributed by atoms with Crippen LogP contribution in [0.2, 0.25) is 0 Å². The molecule has 4 rings (SSSR count). The summed E-state index contributed by atoms with van der Waals surface area (Å²) in [6.45, 7) is 0. The van der Waals surface area contributed by atoms with Crippen molar-refractivity contribution in [1.82, 2.24) is 0 Å². The van der Waals surface area contributed by atoms with Gasteiger partial charge in [0.05, 0.1) is 0 Å². The summed E-state index contributed by atoms with van der Waals surface area (Å²) in [5.74, 6) is 5.18. The minimum absolute atomic E-state index is 0.848. The number of hydrogen-bond donors (Lipinski definition) is 0. The standard InChI is InChI=1S/C24H36/c1-3-7-19(8-4-1)21-11-15-23(16-12-21)24-17-13-22(14-18-24)20-9-5-2-6-10-20/h1,3-4,7-8,20-24H,2,5-6,9-18H2. The van der Waals surface area contributed by atoms with Crippen LogP contribution in [0.25, 0.3) is 0 Å². The molecule has 1 aromatic rings. The van der Waals surface area contributed by atoms with Crippen LogP contribution in [-0.4, -0.2) is 0 Å². The Kier molecular flexibility index (Phi) is 5.60. The molecule has 0 heteroatoms. The summed E-state index contributed by atoms with van der Waals surface area (Å²) in [5.41, 5.74) is 1.59. The van der Waals surface area contributed by atoms with E-state index in [1.165, 1.54) is 44.9 Å². The van der Waals surface area contributed by atoms with Crippen molar-refractivity contribution in [1.29, 1.82) is 0 Å². The van der Waals surface area contributed by atoms with E-state index in [1.54, 1.807) is 44.1 Å². The lowest BCUT2D eigenvalue weighted by Gasteiger charge is -2.40. The Morgan fingerprint density at radius 2 is 0.917 bits per heavy atom. The van der Waals surface area contributed by atoms with Crippen LogP contribution in [0.15, 0.2) is 30.3 Å². The molecular weight excluding hydrogens is 288 g/mol. The molecule has 3 aliphatic carbocycles. The van der Waals surface area contributed by atoms with Gasteiger partial charge in [0.25, 0.3) is 0 Å². The third-order valence-corrected chi connectivity index (χ3v) is 7.84. The summed E-state index contributed by atoms with van der Waals surface area (Å²) >= 11 is 0. The predicted molar refractivity (Wildman–Crippen MR) is 103 cm³/mol. The first-order chi connectivity index (χ1) is 11.9. The third-order valence-electron chi connectivity index (χ3n) is 7.84. The Hall–Kier alpha value is -0.780. The average Bonchev–Trinajstić information content (AvgIpc) is 2.70. The van der Waals surface area contributed by atoms with Gasteiger partial charge >= 0.3 is 0 Å². The van der Waals surface area contributed by atoms with Gasteiger partial charge in [-0.3, -0.25) is 0 Å². The lowest BCUT2D eigenvalue weighted by molar-refractivity contribution is 0.119. The number of benzene rings is 1. The zero-order valence-electron chi connectivity index (χ0n) is 15.5. The van der Waals surface area contributed by atoms with Gasteiger partial charge < -0.3 is 0 Å². The summed E-state index contributed by atoms with van der Waals surface area (Å²) in [6, 6.07) is 11.3. The maximum Gasteiger partial charge on any atom is -0.0162 e. The van der Waals surface area contributed by atoms with Gasteiger partial charge in [-0.25, -0.2) is 0 Å². The van der Waals surface area contributed by atoms with Crippen molar-refractivity contribution < 1.29 is 0 Å². The van der Waals surface area contributed by atoms with E-state index in [4.69, 9.17) is 0 Å². The molecule has 0 amide bonds. The zero-order valence-corrected chi connectivity index (χ0v) is 15.5. The SMILES string of the molecule is c1ccc(C2CCC(C3CCC(C4CCCCC4)CC3)CC2)cc1. The Morgan fingerprint density at radius 1 is 0.458 bits per heavy atom. The van der Waals surface area contributed by atoms with Crippen LogP contribution >= 0.6 is 0 Å². The average molecular weight is 325 g/mol. The molecule has 0 nitrogen and oxygen atoms in total. The van der Waals surface area contributed by atoms with Crippen LogP contribution in [-0.2, 0) is 0 Å². The molecule has 0 aromatic heterocycles. The van der Waals surface area contributed by atoms with E-state index in [-0.39, 0.29) is 0 Å². The van der Waals surface area contributed by atoms with E-state index in [0.717, 1.165) is 29.6 Å². The summed E-state index contributed by atoms with van der Waals surface area (Å²) in [7, 11) is 0. The topological polar surface area (TPSA) is 0 Å². The molecule has 0 heterocycles. The van der Waals surface area contributed by atoms with E-state index >= 15 is 0 Å². The van der Waals surface area contributed by atoms with Crippen molar-refractivity contribution >= 4 is 0 Å². The molecule has 0 spiro atoms. The molecular formula is C24H36. The first kappa shape index (κ1) is 16.7. The largest absolute Gasteiger partial charge is 0.0622 e. The third kappa shape index (κ3) is 3.89. The summed E-state index contributed by atoms with van der Waals surface area (Å²) < 4.78 is 0. The minimum atomic E-state index is 0.848. The molecule has 3 saturated carbocycles. The second-order valence-corrected chi connectivity index (χ2v) is 9.10. The highest BCUT2D eigenvalue weighted by atomic mass is 14.4. The van der Waals surface area contributed by atoms with Crippen molar-refractivity contribution in [3.05, 3.63) is 35.9 Å². The van der Waals surface area contributed by atoms with Gasteiger partial charge in [-0.05, 0) is 86.5 Å². The van der Waals surface area contributed by atoms with Crippen molar-refractivity contribution in [3.8, 4) is 0 Å². The maximum absolute atomic E-state index is 2.35. The van der Waals surface area contributed by atoms with E-state index < -0.39 is 0 Å². The fraction of sp³-hybridized carbons (Fsp3) is 0.750. The number of rotatable bonds is 3. The van der Waals surface area contributed by atoms with Crippen LogP contribution in [0.1, 0.15) is 95.0 Å². The first-order valence-corrected chi connectivity index (χ1v) is 10.9. The smallest absolute Gasteiger partial charge is 0.0162 e. The van der Waals surface area contributed by atoms with Gasteiger partial charge in [-0.2, -0.15) is 0 Å². The van der Waals surface area contributed by atoms with Gasteiger partial charge in [0.15, 0.2) is 0 Å². The highest BCUT2D eigenvalue weighted by Crippen LogP contribution is 2.46. The summed E-state index contributed by atoms with van der Waals surface area (Å²) in [6.07, 6.45) is 19.8. The molecule has 132 valence electrons. The highest BCUT2D eigenvalue weighted by molar-refractivity contribution is 5.19. The fourth-order valence-corrected chi connectivity index (χ4v) is 6.34. The summed E-state index contributed by atoms with van der Waals surface area (Å²) in [5, 5.41) is 0. The number of hydrogen-bond acceptors (Lipinski definition) is 0. The van der Waals surface area contributed by atoms with Gasteiger partial charge in [0.1, 0.15) is 0 Å². The quantitative estimate of drug-likeness (QED) is 0.545. The Morgan fingerprint density at radius 3 is 1.46 bits per heavy atom. The molecule has 24 heavy (non-hydrogen) atoms. The minimum Gasteiger partial charge on any atom is -0.0622 e. The predicted octanol–water partition coefficient (Wildman–Crippen LogP) is 7.35. The lowest BCUT2D eigenvalue weighted by atomic mass is 9.65. The molecule has 3 aliphatic rings. The molecule has 1 aromatic carbocycles. The zero-order chi connectivity index (χ0) is 16.2. The molecule has 0 saturated heterocycles. The molecule has 3 fully saturated rings. The van der Waals surface area contributed by atoms with Gasteiger partial charge in [-0.1, -0.05) is 62.4 Å². The van der Waals surface area contributed by atoms with Crippen molar-refractivity contribution in [2.24, 2.45) is 23.7 Å². The van der Waals surface area contributed by atoms with E-state index in [2.05, 4.69) is 30.3 Å². The monoisotopic (exact) mass is 324 g/mol. The molecule has 0 aliphatic heterocycles. The van der Waals surface area contributed by atoms with Crippen LogP contribution < -0.4 is 0 Å². The molecule has 0 bridgehead atoms. The second-order valence-electron chi connectivity index (χ2n) is 9.10. The van der Waals surface area contributed by atoms with Crippen LogP contribution in [0, 0.1) is 23.7 Å². The van der Waals surface area contributed by atoms with Crippen molar-refractivity contribution in [2.45, 2.75) is 89.4 Å². The molecule has 0 atom stereocenters. The van der Waals surface area contributed by atoms with Crippen LogP contribution in [0.5, 0.6) is 0 Å². The van der Waals surface area contributed by atoms with E-state index in [9.17, 15) is 0 Å². The Labute approximate surface area is 149 Å². The van der Waals surface area contributed by atoms with Crippen molar-refractivity contribution in [2.75, 3.05) is 0 Å². The van der Waals surface area contributed by atoms with Gasteiger partial charge in [0, 0.05) is 0 Å². The first-order valence-electron chi connectivity index (χ1n) is 10.9. The van der Waals surface area contributed by atoms with Crippen LogP contribution in [0.4, 0.5) is 0 Å². The molecule has 0 unspecified atom stereocenters. The maximum atomic E-state index is 2.35.